The molecule has 0 unspecified atom stereocenters. The number of nitrogens with two attached hydrogens (primary N) is 1. The quantitative estimate of drug-likeness (QED) is 0.766. The van der Waals surface area contributed by atoms with Crippen molar-refractivity contribution in [2.24, 2.45) is 11.7 Å². The van der Waals surface area contributed by atoms with Crippen molar-refractivity contribution in [1.29, 1.82) is 0 Å². The minimum absolute atomic E-state index is 0.0535. The van der Waals surface area contributed by atoms with Crippen LogP contribution >= 0.6 is 15.9 Å². The molecule has 0 heterocycles. The summed E-state index contributed by atoms with van der Waals surface area (Å²) in [4.78, 5) is 23.1. The number of rotatable bonds is 5. The van der Waals surface area contributed by atoms with Gasteiger partial charge in [-0.1, -0.05) is 36.2 Å². The van der Waals surface area contributed by atoms with Gasteiger partial charge in [0.2, 0.25) is 5.91 Å². The summed E-state index contributed by atoms with van der Waals surface area (Å²) < 4.78 is 14.2. The third-order valence-electron chi connectivity index (χ3n) is 2.98. The van der Waals surface area contributed by atoms with E-state index >= 15 is 0 Å². The van der Waals surface area contributed by atoms with Crippen molar-refractivity contribution in [3.8, 4) is 0 Å². The number of carbonyl (C=O) groups excluding carboxylic acids is 2. The highest BCUT2D eigenvalue weighted by Gasteiger charge is 2.25. The second kappa shape index (κ2) is 7.23. The number of primary amides is 1. The molecule has 0 saturated heterocycles. The molecule has 0 aliphatic heterocycles. The summed E-state index contributed by atoms with van der Waals surface area (Å²) in [5, 5.41) is 4.83. The van der Waals surface area contributed by atoms with Gasteiger partial charge in [-0.2, -0.15) is 0 Å². The first kappa shape index (κ1) is 16.4. The summed E-state index contributed by atoms with van der Waals surface area (Å²) in [5.41, 5.74) is 5.11. The molecule has 0 fully saturated rings. The Labute approximate surface area is 125 Å². The lowest BCUT2D eigenvalue weighted by Crippen LogP contribution is -2.49. The van der Waals surface area contributed by atoms with E-state index in [1.807, 2.05) is 6.92 Å². The Morgan fingerprint density at radius 2 is 2.10 bits per heavy atom. The first-order valence-corrected chi connectivity index (χ1v) is 6.96. The normalized spacial score (nSPS) is 13.4. The van der Waals surface area contributed by atoms with Crippen molar-refractivity contribution in [1.82, 2.24) is 5.32 Å². The molecule has 0 aliphatic rings. The molecule has 0 aliphatic carbocycles. The molecular formula is C13H17BrFN3O2. The molecule has 4 N–H and O–H groups in total. The first-order chi connectivity index (χ1) is 9.35. The molecule has 3 amide bonds. The third-order valence-corrected chi connectivity index (χ3v) is 3.48. The average molecular weight is 346 g/mol. The highest BCUT2D eigenvalue weighted by atomic mass is 79.9. The van der Waals surface area contributed by atoms with Gasteiger partial charge in [0, 0.05) is 4.47 Å². The van der Waals surface area contributed by atoms with Crippen molar-refractivity contribution >= 4 is 33.6 Å². The second-order valence-electron chi connectivity index (χ2n) is 4.49. The van der Waals surface area contributed by atoms with Gasteiger partial charge in [0.05, 0.1) is 5.69 Å². The zero-order chi connectivity index (χ0) is 15.3. The topological polar surface area (TPSA) is 84.2 Å². The summed E-state index contributed by atoms with van der Waals surface area (Å²) in [7, 11) is 0. The lowest BCUT2D eigenvalue weighted by molar-refractivity contribution is -0.119. The van der Waals surface area contributed by atoms with Gasteiger partial charge in [-0.05, 0) is 24.1 Å². The minimum atomic E-state index is -0.805. The Bertz CT molecular complexity index is 510. The van der Waals surface area contributed by atoms with Gasteiger partial charge in [0.25, 0.3) is 0 Å². The number of carbonyl (C=O) groups is 2. The summed E-state index contributed by atoms with van der Waals surface area (Å²) in [6.07, 6.45) is 0.668. The summed E-state index contributed by atoms with van der Waals surface area (Å²) in [6.45, 7) is 3.69. The lowest BCUT2D eigenvalue weighted by atomic mass is 9.98. The van der Waals surface area contributed by atoms with Crippen molar-refractivity contribution in [3.63, 3.8) is 0 Å². The van der Waals surface area contributed by atoms with Crippen molar-refractivity contribution in [3.05, 3.63) is 28.5 Å². The Balaban J connectivity index is 2.87. The lowest BCUT2D eigenvalue weighted by Gasteiger charge is -2.22. The average Bonchev–Trinajstić information content (AvgIpc) is 2.38. The Morgan fingerprint density at radius 1 is 1.45 bits per heavy atom. The molecule has 7 heteroatoms. The van der Waals surface area contributed by atoms with Crippen LogP contribution in [0.5, 0.6) is 0 Å². The summed E-state index contributed by atoms with van der Waals surface area (Å²) in [5.74, 6) is -1.19. The van der Waals surface area contributed by atoms with Crippen LogP contribution in [0.4, 0.5) is 14.9 Å². The van der Waals surface area contributed by atoms with Gasteiger partial charge in [-0.15, -0.1) is 0 Å². The summed E-state index contributed by atoms with van der Waals surface area (Å²) in [6, 6.07) is 2.70. The van der Waals surface area contributed by atoms with Crippen molar-refractivity contribution in [2.75, 3.05) is 5.32 Å². The molecule has 0 bridgehead atoms. The molecule has 0 radical (unpaired) electrons. The standard InChI is InChI=1S/C13H17BrFN3O2/c1-3-7(2)11(18-13(16)20)12(19)17-10-5-4-8(14)6-9(10)15/h4-7,11H,3H2,1-2H3,(H,17,19)(H3,16,18,20)/t7-,11-/m1/s1. The van der Waals surface area contributed by atoms with Crippen LogP contribution in [0.15, 0.2) is 22.7 Å². The maximum Gasteiger partial charge on any atom is 0.312 e. The van der Waals surface area contributed by atoms with E-state index in [9.17, 15) is 14.0 Å². The number of benzene rings is 1. The Kier molecular flexibility index (Phi) is 5.94. The van der Waals surface area contributed by atoms with E-state index in [1.54, 1.807) is 13.0 Å². The van der Waals surface area contributed by atoms with Gasteiger partial charge in [0.15, 0.2) is 0 Å². The highest BCUT2D eigenvalue weighted by molar-refractivity contribution is 9.10. The molecule has 2 atom stereocenters. The molecular weight excluding hydrogens is 329 g/mol. The van der Waals surface area contributed by atoms with E-state index in [1.165, 1.54) is 12.1 Å². The van der Waals surface area contributed by atoms with Gasteiger partial charge in [-0.3, -0.25) is 4.79 Å². The van der Waals surface area contributed by atoms with Crippen LogP contribution in [0.3, 0.4) is 0 Å². The van der Waals surface area contributed by atoms with Crippen LogP contribution in [0, 0.1) is 11.7 Å². The Hall–Kier alpha value is -1.63. The smallest absolute Gasteiger partial charge is 0.312 e. The van der Waals surface area contributed by atoms with Crippen LogP contribution in [0.2, 0.25) is 0 Å². The molecule has 110 valence electrons. The maximum atomic E-state index is 13.7. The molecule has 0 saturated carbocycles. The molecule has 1 aromatic rings. The maximum absolute atomic E-state index is 13.7. The largest absolute Gasteiger partial charge is 0.352 e. The number of anilines is 1. The fraction of sp³-hybridized carbons (Fsp3) is 0.385. The first-order valence-electron chi connectivity index (χ1n) is 6.17. The van der Waals surface area contributed by atoms with E-state index in [-0.39, 0.29) is 11.6 Å². The number of hydrogen-bond donors (Lipinski definition) is 3. The van der Waals surface area contributed by atoms with Crippen molar-refractivity contribution < 1.29 is 14.0 Å². The number of nitrogens with one attached hydrogen (secondary N) is 2. The number of halogens is 2. The fourth-order valence-electron chi connectivity index (χ4n) is 1.66. The van der Waals surface area contributed by atoms with Crippen LogP contribution in [-0.4, -0.2) is 18.0 Å². The van der Waals surface area contributed by atoms with E-state index in [0.29, 0.717) is 10.9 Å². The third kappa shape index (κ3) is 4.48. The van der Waals surface area contributed by atoms with Gasteiger partial charge in [0.1, 0.15) is 11.9 Å². The van der Waals surface area contributed by atoms with Gasteiger partial charge < -0.3 is 16.4 Å². The van der Waals surface area contributed by atoms with Crippen LogP contribution in [0.1, 0.15) is 20.3 Å². The molecule has 20 heavy (non-hydrogen) atoms. The highest BCUT2D eigenvalue weighted by Crippen LogP contribution is 2.20. The molecule has 0 spiro atoms. The van der Waals surface area contributed by atoms with E-state index in [2.05, 4.69) is 26.6 Å². The van der Waals surface area contributed by atoms with Crippen LogP contribution in [0.25, 0.3) is 0 Å². The van der Waals surface area contributed by atoms with Crippen LogP contribution in [-0.2, 0) is 4.79 Å². The molecule has 1 rings (SSSR count). The minimum Gasteiger partial charge on any atom is -0.352 e. The number of amides is 3. The Morgan fingerprint density at radius 3 is 2.60 bits per heavy atom. The second-order valence-corrected chi connectivity index (χ2v) is 5.40. The van der Waals surface area contributed by atoms with Gasteiger partial charge in [-0.25, -0.2) is 9.18 Å². The molecule has 0 aromatic heterocycles. The monoisotopic (exact) mass is 345 g/mol. The molecule has 5 nitrogen and oxygen atoms in total. The van der Waals surface area contributed by atoms with Crippen LogP contribution < -0.4 is 16.4 Å². The SMILES string of the molecule is CC[C@@H](C)[C@@H](NC(N)=O)C(=O)Nc1ccc(Br)cc1F. The number of urea groups is 1. The fourth-order valence-corrected chi connectivity index (χ4v) is 1.99. The van der Waals surface area contributed by atoms with E-state index < -0.39 is 23.8 Å². The number of hydrogen-bond acceptors (Lipinski definition) is 2. The zero-order valence-electron chi connectivity index (χ0n) is 11.2. The predicted octanol–water partition coefficient (Wildman–Crippen LogP) is 2.61. The van der Waals surface area contributed by atoms with E-state index in [0.717, 1.165) is 0 Å². The predicted molar refractivity (Wildman–Crippen MR) is 78.7 cm³/mol. The summed E-state index contributed by atoms with van der Waals surface area (Å²) >= 11 is 3.13. The van der Waals surface area contributed by atoms with E-state index in [4.69, 9.17) is 5.73 Å². The van der Waals surface area contributed by atoms with Crippen molar-refractivity contribution in [2.45, 2.75) is 26.3 Å². The molecule has 1 aromatic carbocycles. The zero-order valence-corrected chi connectivity index (χ0v) is 12.8. The van der Waals surface area contributed by atoms with Gasteiger partial charge >= 0.3 is 6.03 Å².